The zero-order chi connectivity index (χ0) is 10.0. The van der Waals surface area contributed by atoms with Crippen molar-refractivity contribution in [3.8, 4) is 0 Å². The third-order valence-corrected chi connectivity index (χ3v) is 3.27. The number of hydrogen-bond acceptors (Lipinski definition) is 2. The van der Waals surface area contributed by atoms with Gasteiger partial charge in [-0.3, -0.25) is 4.90 Å². The molecule has 2 saturated heterocycles. The Morgan fingerprint density at radius 3 is 2.50 bits per heavy atom. The molecule has 0 aromatic heterocycles. The molecule has 0 saturated carbocycles. The van der Waals surface area contributed by atoms with Gasteiger partial charge in [0.15, 0.2) is 0 Å². The molecule has 4 heteroatoms. The first-order chi connectivity index (χ1) is 6.70. The van der Waals surface area contributed by atoms with Crippen LogP contribution >= 0.6 is 0 Å². The third-order valence-electron chi connectivity index (χ3n) is 3.27. The maximum absolute atomic E-state index is 13.5. The van der Waals surface area contributed by atoms with Crippen molar-refractivity contribution < 1.29 is 8.78 Å². The standard InChI is InChI=1S/C10H18F2N2/c11-10(12)8-13-5-4-9(10)14-6-2-1-3-7-14/h9,13H,1-8H2. The second kappa shape index (κ2) is 4.11. The van der Waals surface area contributed by atoms with Crippen molar-refractivity contribution in [3.63, 3.8) is 0 Å². The minimum Gasteiger partial charge on any atom is -0.311 e. The van der Waals surface area contributed by atoms with E-state index in [-0.39, 0.29) is 6.54 Å². The van der Waals surface area contributed by atoms with Crippen LogP contribution in [-0.4, -0.2) is 43.0 Å². The van der Waals surface area contributed by atoms with E-state index in [1.165, 1.54) is 6.42 Å². The lowest BCUT2D eigenvalue weighted by atomic mass is 9.98. The van der Waals surface area contributed by atoms with Gasteiger partial charge >= 0.3 is 0 Å². The Kier molecular flexibility index (Phi) is 3.02. The lowest BCUT2D eigenvalue weighted by Crippen LogP contribution is -2.58. The molecule has 82 valence electrons. The summed E-state index contributed by atoms with van der Waals surface area (Å²) < 4.78 is 27.1. The summed E-state index contributed by atoms with van der Waals surface area (Å²) in [6.07, 6.45) is 3.96. The zero-order valence-electron chi connectivity index (χ0n) is 8.44. The number of halogens is 2. The fourth-order valence-corrected chi connectivity index (χ4v) is 2.50. The first-order valence-corrected chi connectivity index (χ1v) is 5.53. The average Bonchev–Trinajstić information content (AvgIpc) is 2.18. The SMILES string of the molecule is FC1(F)CNCCC1N1CCCCC1. The zero-order valence-corrected chi connectivity index (χ0v) is 8.44. The number of nitrogens with one attached hydrogen (secondary N) is 1. The van der Waals surface area contributed by atoms with E-state index in [0.29, 0.717) is 6.42 Å². The Bertz CT molecular complexity index is 191. The molecule has 0 aliphatic carbocycles. The third kappa shape index (κ3) is 2.06. The molecule has 2 aliphatic heterocycles. The Morgan fingerprint density at radius 1 is 1.14 bits per heavy atom. The van der Waals surface area contributed by atoms with E-state index in [1.54, 1.807) is 0 Å². The molecule has 0 aromatic carbocycles. The van der Waals surface area contributed by atoms with Crippen LogP contribution < -0.4 is 5.32 Å². The van der Waals surface area contributed by atoms with Crippen molar-refractivity contribution in [2.24, 2.45) is 0 Å². The molecule has 1 unspecified atom stereocenters. The summed E-state index contributed by atoms with van der Waals surface area (Å²) in [4.78, 5) is 1.99. The normalized spacial score (nSPS) is 34.3. The summed E-state index contributed by atoms with van der Waals surface area (Å²) in [5.41, 5.74) is 0. The number of piperidine rings is 2. The van der Waals surface area contributed by atoms with Gasteiger partial charge in [0.1, 0.15) is 0 Å². The van der Waals surface area contributed by atoms with Gasteiger partial charge in [-0.2, -0.15) is 0 Å². The largest absolute Gasteiger partial charge is 0.311 e. The van der Waals surface area contributed by atoms with Crippen molar-refractivity contribution >= 4 is 0 Å². The van der Waals surface area contributed by atoms with Crippen LogP contribution in [0.15, 0.2) is 0 Å². The quantitative estimate of drug-likeness (QED) is 0.696. The molecule has 0 bridgehead atoms. The predicted molar refractivity (Wildman–Crippen MR) is 51.6 cm³/mol. The van der Waals surface area contributed by atoms with E-state index in [9.17, 15) is 8.78 Å². The van der Waals surface area contributed by atoms with Crippen LogP contribution in [-0.2, 0) is 0 Å². The molecular formula is C10H18F2N2. The summed E-state index contributed by atoms with van der Waals surface area (Å²) in [7, 11) is 0. The molecule has 1 N–H and O–H groups in total. The van der Waals surface area contributed by atoms with Crippen LogP contribution in [0.25, 0.3) is 0 Å². The molecule has 0 amide bonds. The lowest BCUT2D eigenvalue weighted by Gasteiger charge is -2.41. The van der Waals surface area contributed by atoms with Gasteiger partial charge < -0.3 is 5.32 Å². The van der Waals surface area contributed by atoms with Gasteiger partial charge in [0, 0.05) is 0 Å². The Morgan fingerprint density at radius 2 is 1.86 bits per heavy atom. The van der Waals surface area contributed by atoms with E-state index in [1.807, 2.05) is 4.90 Å². The monoisotopic (exact) mass is 204 g/mol. The van der Waals surface area contributed by atoms with Crippen molar-refractivity contribution in [2.75, 3.05) is 26.2 Å². The predicted octanol–water partition coefficient (Wildman–Crippen LogP) is 1.47. The summed E-state index contributed by atoms with van der Waals surface area (Å²) >= 11 is 0. The smallest absolute Gasteiger partial charge is 0.275 e. The topological polar surface area (TPSA) is 15.3 Å². The van der Waals surface area contributed by atoms with Gasteiger partial charge in [0.2, 0.25) is 0 Å². The van der Waals surface area contributed by atoms with Crippen LogP contribution in [0.3, 0.4) is 0 Å². The molecule has 2 rings (SSSR count). The lowest BCUT2D eigenvalue weighted by molar-refractivity contribution is -0.0990. The van der Waals surface area contributed by atoms with Crippen molar-refractivity contribution in [1.82, 2.24) is 10.2 Å². The fourth-order valence-electron chi connectivity index (χ4n) is 2.50. The Balaban J connectivity index is 1.99. The van der Waals surface area contributed by atoms with E-state index < -0.39 is 12.0 Å². The minimum atomic E-state index is -2.53. The molecule has 2 nitrogen and oxygen atoms in total. The number of likely N-dealkylation sites (tertiary alicyclic amines) is 1. The first kappa shape index (κ1) is 10.3. The second-order valence-corrected chi connectivity index (χ2v) is 4.34. The van der Waals surface area contributed by atoms with E-state index in [2.05, 4.69) is 5.32 Å². The Hall–Kier alpha value is -0.220. The van der Waals surface area contributed by atoms with Crippen LogP contribution in [0.2, 0.25) is 0 Å². The number of nitrogens with zero attached hydrogens (tertiary/aromatic N) is 1. The molecule has 1 atom stereocenters. The fraction of sp³-hybridized carbons (Fsp3) is 1.00. The number of hydrogen-bond donors (Lipinski definition) is 1. The van der Waals surface area contributed by atoms with Gasteiger partial charge in [-0.1, -0.05) is 6.42 Å². The molecule has 2 heterocycles. The van der Waals surface area contributed by atoms with Crippen molar-refractivity contribution in [1.29, 1.82) is 0 Å². The van der Waals surface area contributed by atoms with Crippen LogP contribution in [0, 0.1) is 0 Å². The van der Waals surface area contributed by atoms with Gasteiger partial charge in [-0.15, -0.1) is 0 Å². The molecular weight excluding hydrogens is 186 g/mol. The number of alkyl halides is 2. The molecule has 2 aliphatic rings. The highest BCUT2D eigenvalue weighted by molar-refractivity contribution is 4.92. The Labute approximate surface area is 83.7 Å². The molecule has 2 fully saturated rings. The van der Waals surface area contributed by atoms with Crippen LogP contribution in [0.1, 0.15) is 25.7 Å². The summed E-state index contributed by atoms with van der Waals surface area (Å²) in [6, 6.07) is -0.510. The molecule has 0 spiro atoms. The maximum atomic E-state index is 13.5. The highest BCUT2D eigenvalue weighted by atomic mass is 19.3. The van der Waals surface area contributed by atoms with Gasteiger partial charge in [-0.25, -0.2) is 8.78 Å². The van der Waals surface area contributed by atoms with Gasteiger partial charge in [0.25, 0.3) is 5.92 Å². The van der Waals surface area contributed by atoms with E-state index in [0.717, 1.165) is 32.5 Å². The van der Waals surface area contributed by atoms with Crippen molar-refractivity contribution in [3.05, 3.63) is 0 Å². The van der Waals surface area contributed by atoms with E-state index >= 15 is 0 Å². The van der Waals surface area contributed by atoms with Gasteiger partial charge in [-0.05, 0) is 38.9 Å². The number of rotatable bonds is 1. The molecule has 0 aromatic rings. The highest BCUT2D eigenvalue weighted by Gasteiger charge is 2.44. The molecule has 0 radical (unpaired) electrons. The maximum Gasteiger partial charge on any atom is 0.275 e. The summed E-state index contributed by atoms with van der Waals surface area (Å²) in [5, 5.41) is 2.77. The average molecular weight is 204 g/mol. The van der Waals surface area contributed by atoms with E-state index in [4.69, 9.17) is 0 Å². The van der Waals surface area contributed by atoms with Crippen LogP contribution in [0.4, 0.5) is 8.78 Å². The summed E-state index contributed by atoms with van der Waals surface area (Å²) in [5.74, 6) is -2.53. The second-order valence-electron chi connectivity index (χ2n) is 4.34. The highest BCUT2D eigenvalue weighted by Crippen LogP contribution is 2.29. The first-order valence-electron chi connectivity index (χ1n) is 5.53. The van der Waals surface area contributed by atoms with Gasteiger partial charge in [0.05, 0.1) is 12.6 Å². The minimum absolute atomic E-state index is 0.145. The summed E-state index contributed by atoms with van der Waals surface area (Å²) in [6.45, 7) is 2.31. The van der Waals surface area contributed by atoms with Crippen molar-refractivity contribution in [2.45, 2.75) is 37.6 Å². The molecule has 14 heavy (non-hydrogen) atoms. The van der Waals surface area contributed by atoms with Crippen LogP contribution in [0.5, 0.6) is 0 Å².